The first kappa shape index (κ1) is 11.6. The zero-order valence-electron chi connectivity index (χ0n) is 8.82. The molecule has 1 fully saturated rings. The fourth-order valence-corrected chi connectivity index (χ4v) is 2.31. The van der Waals surface area contributed by atoms with Crippen LogP contribution in [0.25, 0.3) is 0 Å². The Hall–Kier alpha value is -0.870. The van der Waals surface area contributed by atoms with Crippen LogP contribution < -0.4 is 5.73 Å². The maximum absolute atomic E-state index is 10.9. The van der Waals surface area contributed by atoms with Crippen LogP contribution in [0.15, 0.2) is 22.7 Å². The monoisotopic (exact) mass is 283 g/mol. The van der Waals surface area contributed by atoms with E-state index in [1.807, 2.05) is 6.07 Å². The molecule has 0 aromatic heterocycles. The maximum Gasteiger partial charge on any atom is 0.335 e. The minimum absolute atomic E-state index is 0.0527. The summed E-state index contributed by atoms with van der Waals surface area (Å²) >= 11 is 3.31. The molecule has 0 radical (unpaired) electrons. The maximum atomic E-state index is 10.9. The van der Waals surface area contributed by atoms with Gasteiger partial charge in [0, 0.05) is 10.5 Å². The summed E-state index contributed by atoms with van der Waals surface area (Å²) in [5.74, 6) is -0.177. The van der Waals surface area contributed by atoms with Gasteiger partial charge in [0.05, 0.1) is 5.56 Å². The molecule has 0 unspecified atom stereocenters. The fourth-order valence-electron chi connectivity index (χ4n) is 1.80. The number of carboxylic acids is 1. The van der Waals surface area contributed by atoms with Gasteiger partial charge < -0.3 is 10.8 Å². The highest BCUT2D eigenvalue weighted by Gasteiger charge is 2.24. The van der Waals surface area contributed by atoms with E-state index < -0.39 is 5.97 Å². The standard InChI is InChI=1S/C12H14BrNO2/c13-10-5-8(4-9(6-10)12(15)16)11(14)3-7-1-2-7/h4-7,11H,1-3,14H2,(H,15,16)/t11-/m1/s1. The van der Waals surface area contributed by atoms with E-state index in [1.54, 1.807) is 12.1 Å². The van der Waals surface area contributed by atoms with Gasteiger partial charge in [0.25, 0.3) is 0 Å². The van der Waals surface area contributed by atoms with Crippen LogP contribution in [0.2, 0.25) is 0 Å². The number of halogens is 1. The lowest BCUT2D eigenvalue weighted by atomic mass is 10.00. The van der Waals surface area contributed by atoms with Gasteiger partial charge in [0.2, 0.25) is 0 Å². The molecule has 1 aromatic rings. The molecule has 1 aromatic carbocycles. The molecule has 0 amide bonds. The molecule has 1 aliphatic carbocycles. The summed E-state index contributed by atoms with van der Waals surface area (Å²) < 4.78 is 0.772. The van der Waals surface area contributed by atoms with Crippen LogP contribution in [0.3, 0.4) is 0 Å². The van der Waals surface area contributed by atoms with E-state index in [9.17, 15) is 4.79 Å². The third kappa shape index (κ3) is 2.83. The predicted octanol–water partition coefficient (Wildman–Crippen LogP) is 2.95. The molecule has 4 heteroatoms. The van der Waals surface area contributed by atoms with Crippen molar-refractivity contribution in [1.29, 1.82) is 0 Å². The van der Waals surface area contributed by atoms with E-state index in [4.69, 9.17) is 10.8 Å². The molecule has 0 aliphatic heterocycles. The Morgan fingerprint density at radius 3 is 2.75 bits per heavy atom. The molecule has 16 heavy (non-hydrogen) atoms. The summed E-state index contributed by atoms with van der Waals surface area (Å²) in [4.78, 5) is 10.9. The van der Waals surface area contributed by atoms with Gasteiger partial charge in [-0.25, -0.2) is 4.79 Å². The molecule has 86 valence electrons. The first-order valence-electron chi connectivity index (χ1n) is 5.35. The van der Waals surface area contributed by atoms with Crippen LogP contribution in [0.1, 0.15) is 41.2 Å². The minimum Gasteiger partial charge on any atom is -0.478 e. The number of aromatic carboxylic acids is 1. The first-order valence-corrected chi connectivity index (χ1v) is 6.15. The van der Waals surface area contributed by atoms with Crippen molar-refractivity contribution in [2.75, 3.05) is 0 Å². The zero-order chi connectivity index (χ0) is 11.7. The van der Waals surface area contributed by atoms with E-state index in [-0.39, 0.29) is 11.6 Å². The van der Waals surface area contributed by atoms with Crippen molar-refractivity contribution in [3.8, 4) is 0 Å². The van der Waals surface area contributed by atoms with Crippen molar-refractivity contribution in [3.63, 3.8) is 0 Å². The molecule has 1 saturated carbocycles. The number of rotatable bonds is 4. The van der Waals surface area contributed by atoms with E-state index in [0.29, 0.717) is 0 Å². The van der Waals surface area contributed by atoms with Crippen molar-refractivity contribution >= 4 is 21.9 Å². The highest BCUT2D eigenvalue weighted by Crippen LogP contribution is 2.37. The van der Waals surface area contributed by atoms with Crippen molar-refractivity contribution < 1.29 is 9.90 Å². The summed E-state index contributed by atoms with van der Waals surface area (Å²) in [6.45, 7) is 0. The molecule has 3 N–H and O–H groups in total. The lowest BCUT2D eigenvalue weighted by Crippen LogP contribution is -2.12. The summed E-state index contributed by atoms with van der Waals surface area (Å²) in [6.07, 6.45) is 3.47. The molecular weight excluding hydrogens is 270 g/mol. The third-order valence-corrected chi connectivity index (χ3v) is 3.34. The Balaban J connectivity index is 2.21. The van der Waals surface area contributed by atoms with E-state index >= 15 is 0 Å². The number of hydrogen-bond acceptors (Lipinski definition) is 2. The van der Waals surface area contributed by atoms with Gasteiger partial charge in [0.15, 0.2) is 0 Å². The van der Waals surface area contributed by atoms with Crippen molar-refractivity contribution in [2.45, 2.75) is 25.3 Å². The van der Waals surface area contributed by atoms with Crippen molar-refractivity contribution in [3.05, 3.63) is 33.8 Å². The van der Waals surface area contributed by atoms with Crippen LogP contribution in [-0.4, -0.2) is 11.1 Å². The Bertz CT molecular complexity index is 415. The third-order valence-electron chi connectivity index (χ3n) is 2.88. The molecule has 1 atom stereocenters. The van der Waals surface area contributed by atoms with Gasteiger partial charge in [-0.1, -0.05) is 28.8 Å². The predicted molar refractivity (Wildman–Crippen MR) is 65.4 cm³/mol. The van der Waals surface area contributed by atoms with E-state index in [0.717, 1.165) is 22.4 Å². The van der Waals surface area contributed by atoms with Gasteiger partial charge in [-0.15, -0.1) is 0 Å². The number of benzene rings is 1. The second kappa shape index (κ2) is 4.55. The van der Waals surface area contributed by atoms with Gasteiger partial charge in [-0.2, -0.15) is 0 Å². The summed E-state index contributed by atoms with van der Waals surface area (Å²) in [5, 5.41) is 8.95. The zero-order valence-corrected chi connectivity index (χ0v) is 10.4. The number of carboxylic acid groups (broad SMARTS) is 1. The Morgan fingerprint density at radius 1 is 1.50 bits per heavy atom. The first-order chi connectivity index (χ1) is 7.56. The van der Waals surface area contributed by atoms with E-state index in [1.165, 1.54) is 12.8 Å². The van der Waals surface area contributed by atoms with E-state index in [2.05, 4.69) is 15.9 Å². The highest BCUT2D eigenvalue weighted by atomic mass is 79.9. The van der Waals surface area contributed by atoms with Crippen molar-refractivity contribution in [2.24, 2.45) is 11.7 Å². The lowest BCUT2D eigenvalue weighted by molar-refractivity contribution is 0.0696. The second-order valence-electron chi connectivity index (χ2n) is 4.36. The van der Waals surface area contributed by atoms with Crippen molar-refractivity contribution in [1.82, 2.24) is 0 Å². The largest absolute Gasteiger partial charge is 0.478 e. The number of nitrogens with two attached hydrogens (primary N) is 1. The average molecular weight is 284 g/mol. The lowest BCUT2D eigenvalue weighted by Gasteiger charge is -2.12. The molecule has 0 heterocycles. The van der Waals surface area contributed by atoms with Crippen LogP contribution in [0.5, 0.6) is 0 Å². The summed E-state index contributed by atoms with van der Waals surface area (Å²) in [7, 11) is 0. The molecule has 0 saturated heterocycles. The molecule has 0 spiro atoms. The number of hydrogen-bond donors (Lipinski definition) is 2. The number of carbonyl (C=O) groups is 1. The molecule has 0 bridgehead atoms. The summed E-state index contributed by atoms with van der Waals surface area (Å²) in [6, 6.07) is 5.11. The minimum atomic E-state index is -0.916. The summed E-state index contributed by atoms with van der Waals surface area (Å²) in [5.41, 5.74) is 7.25. The van der Waals surface area contributed by atoms with Crippen LogP contribution >= 0.6 is 15.9 Å². The average Bonchev–Trinajstić information content (AvgIpc) is 3.00. The van der Waals surface area contributed by atoms with Crippen LogP contribution in [-0.2, 0) is 0 Å². The topological polar surface area (TPSA) is 63.3 Å². The van der Waals surface area contributed by atoms with Crippen LogP contribution in [0.4, 0.5) is 0 Å². The Kier molecular flexibility index (Phi) is 3.30. The SMILES string of the molecule is N[C@H](CC1CC1)c1cc(Br)cc(C(=O)O)c1. The van der Waals surface area contributed by atoms with Gasteiger partial charge in [0.1, 0.15) is 0 Å². The highest BCUT2D eigenvalue weighted by molar-refractivity contribution is 9.10. The Morgan fingerprint density at radius 2 is 2.19 bits per heavy atom. The van der Waals surface area contributed by atoms with Gasteiger partial charge in [-0.3, -0.25) is 0 Å². The molecule has 3 nitrogen and oxygen atoms in total. The molecule has 2 rings (SSSR count). The normalized spacial score (nSPS) is 17.1. The van der Waals surface area contributed by atoms with Gasteiger partial charge in [-0.05, 0) is 36.1 Å². The van der Waals surface area contributed by atoms with Gasteiger partial charge >= 0.3 is 5.97 Å². The fraction of sp³-hybridized carbons (Fsp3) is 0.417. The Labute approximate surface area is 103 Å². The smallest absolute Gasteiger partial charge is 0.335 e. The van der Waals surface area contributed by atoms with Crippen LogP contribution in [0, 0.1) is 5.92 Å². The molecule has 1 aliphatic rings. The molecular formula is C12H14BrNO2. The quantitative estimate of drug-likeness (QED) is 0.893. The second-order valence-corrected chi connectivity index (χ2v) is 5.28.